The minimum absolute atomic E-state index is 0.00158. The smallest absolute Gasteiger partial charge is 0.437 e. The highest BCUT2D eigenvalue weighted by Gasteiger charge is 2.39. The van der Waals surface area contributed by atoms with Crippen LogP contribution in [0.25, 0.3) is 0 Å². The number of nitrogens with one attached hydrogen (secondary N) is 2. The SMILES string of the molecule is N#Cc1cc(Cl)cc(Oc2c(C(F)(F)F)ncn(CC3CC(c4cc(Cl)ccc4F)C(=O)NN3)c2=O)c1. The predicted octanol–water partition coefficient (Wildman–Crippen LogP) is 4.55. The zero-order valence-electron chi connectivity index (χ0n) is 18.4. The second-order valence-electron chi connectivity index (χ2n) is 8.05. The van der Waals surface area contributed by atoms with Crippen molar-refractivity contribution in [2.75, 3.05) is 0 Å². The molecule has 2 unspecified atom stereocenters. The van der Waals surface area contributed by atoms with Crippen LogP contribution < -0.4 is 21.1 Å². The molecule has 0 radical (unpaired) electrons. The van der Waals surface area contributed by atoms with Crippen LogP contribution in [0.4, 0.5) is 17.6 Å². The van der Waals surface area contributed by atoms with Crippen LogP contribution in [-0.4, -0.2) is 21.5 Å². The summed E-state index contributed by atoms with van der Waals surface area (Å²) in [5.41, 5.74) is 2.33. The Morgan fingerprint density at radius 3 is 2.62 bits per heavy atom. The fourth-order valence-electron chi connectivity index (χ4n) is 3.82. The highest BCUT2D eigenvalue weighted by atomic mass is 35.5. The van der Waals surface area contributed by atoms with Gasteiger partial charge in [-0.05, 0) is 42.8 Å². The van der Waals surface area contributed by atoms with E-state index >= 15 is 0 Å². The number of hydrogen-bond acceptors (Lipinski definition) is 6. The molecule has 3 aromatic rings. The normalized spacial score (nSPS) is 17.7. The van der Waals surface area contributed by atoms with Crippen LogP contribution in [-0.2, 0) is 17.5 Å². The lowest BCUT2D eigenvalue weighted by Gasteiger charge is -2.31. The van der Waals surface area contributed by atoms with Gasteiger partial charge in [0.2, 0.25) is 11.7 Å². The minimum atomic E-state index is -5.03. The number of alkyl halides is 3. The summed E-state index contributed by atoms with van der Waals surface area (Å²) >= 11 is 11.8. The Kier molecular flexibility index (Phi) is 7.40. The van der Waals surface area contributed by atoms with Crippen molar-refractivity contribution in [3.63, 3.8) is 0 Å². The Morgan fingerprint density at radius 1 is 1.16 bits per heavy atom. The number of carbonyl (C=O) groups excluding carboxylic acids is 1. The topological polar surface area (TPSA) is 109 Å². The van der Waals surface area contributed by atoms with E-state index in [2.05, 4.69) is 15.8 Å². The second kappa shape index (κ2) is 10.4. The van der Waals surface area contributed by atoms with Crippen molar-refractivity contribution in [2.24, 2.45) is 0 Å². The number of nitriles is 1. The van der Waals surface area contributed by atoms with E-state index < -0.39 is 46.9 Å². The van der Waals surface area contributed by atoms with Gasteiger partial charge in [-0.15, -0.1) is 0 Å². The molecule has 1 aliphatic heterocycles. The number of benzene rings is 2. The molecule has 0 saturated carbocycles. The van der Waals surface area contributed by atoms with E-state index in [4.69, 9.17) is 33.2 Å². The number of hydrogen-bond donors (Lipinski definition) is 2. The van der Waals surface area contributed by atoms with Gasteiger partial charge < -0.3 is 4.74 Å². The van der Waals surface area contributed by atoms with Gasteiger partial charge in [-0.2, -0.15) is 18.4 Å². The molecule has 192 valence electrons. The molecule has 2 atom stereocenters. The van der Waals surface area contributed by atoms with Crippen molar-refractivity contribution in [3.8, 4) is 17.6 Å². The van der Waals surface area contributed by atoms with Gasteiger partial charge >= 0.3 is 6.18 Å². The quantitative estimate of drug-likeness (QED) is 0.447. The van der Waals surface area contributed by atoms with Crippen molar-refractivity contribution >= 4 is 29.1 Å². The molecular weight excluding hydrogens is 541 g/mol. The molecule has 37 heavy (non-hydrogen) atoms. The molecule has 2 heterocycles. The first-order valence-electron chi connectivity index (χ1n) is 10.5. The third kappa shape index (κ3) is 5.85. The van der Waals surface area contributed by atoms with E-state index in [9.17, 15) is 27.2 Å². The molecule has 0 aliphatic carbocycles. The summed E-state index contributed by atoms with van der Waals surface area (Å²) in [4.78, 5) is 28.8. The molecule has 1 saturated heterocycles. The van der Waals surface area contributed by atoms with Gasteiger partial charge in [0.1, 0.15) is 11.6 Å². The van der Waals surface area contributed by atoms with E-state index in [1.165, 1.54) is 18.2 Å². The van der Waals surface area contributed by atoms with E-state index in [-0.39, 0.29) is 39.9 Å². The first-order chi connectivity index (χ1) is 17.5. The molecule has 1 fully saturated rings. The van der Waals surface area contributed by atoms with Gasteiger partial charge in [-0.1, -0.05) is 23.2 Å². The van der Waals surface area contributed by atoms with Crippen molar-refractivity contribution in [3.05, 3.63) is 85.8 Å². The fraction of sp³-hybridized carbons (Fsp3) is 0.217. The van der Waals surface area contributed by atoms with E-state index in [1.54, 1.807) is 6.07 Å². The molecule has 14 heteroatoms. The lowest BCUT2D eigenvalue weighted by atomic mass is 9.89. The summed E-state index contributed by atoms with van der Waals surface area (Å²) in [5, 5.41) is 9.30. The number of amides is 1. The summed E-state index contributed by atoms with van der Waals surface area (Å²) < 4.78 is 61.3. The number of rotatable bonds is 5. The van der Waals surface area contributed by atoms with Gasteiger partial charge in [-0.3, -0.25) is 19.6 Å². The van der Waals surface area contributed by atoms with Crippen molar-refractivity contribution in [1.82, 2.24) is 20.4 Å². The molecular formula is C23H15Cl2F4N5O3. The van der Waals surface area contributed by atoms with Crippen molar-refractivity contribution in [1.29, 1.82) is 5.26 Å². The maximum Gasteiger partial charge on any atom is 0.437 e. The van der Waals surface area contributed by atoms with Crippen LogP contribution in [0.1, 0.15) is 29.2 Å². The van der Waals surface area contributed by atoms with Crippen LogP contribution in [0, 0.1) is 17.1 Å². The first kappa shape index (κ1) is 26.4. The highest BCUT2D eigenvalue weighted by molar-refractivity contribution is 6.31. The van der Waals surface area contributed by atoms with Crippen LogP contribution in [0.3, 0.4) is 0 Å². The highest BCUT2D eigenvalue weighted by Crippen LogP contribution is 2.35. The molecule has 0 bridgehead atoms. The summed E-state index contributed by atoms with van der Waals surface area (Å²) in [6, 6.07) is 8.35. The molecule has 2 aromatic carbocycles. The molecule has 1 aromatic heterocycles. The zero-order valence-corrected chi connectivity index (χ0v) is 20.0. The summed E-state index contributed by atoms with van der Waals surface area (Å²) in [6.07, 6.45) is -4.34. The van der Waals surface area contributed by atoms with Crippen LogP contribution >= 0.6 is 23.2 Å². The van der Waals surface area contributed by atoms with Crippen molar-refractivity contribution < 1.29 is 27.1 Å². The number of halogens is 6. The number of hydrazine groups is 1. The average Bonchev–Trinajstić information content (AvgIpc) is 2.83. The number of aromatic nitrogens is 2. The summed E-state index contributed by atoms with van der Waals surface area (Å²) in [7, 11) is 0. The van der Waals surface area contributed by atoms with Gasteiger partial charge in [-0.25, -0.2) is 14.8 Å². The first-order valence-corrected chi connectivity index (χ1v) is 11.3. The third-order valence-electron chi connectivity index (χ3n) is 5.47. The largest absolute Gasteiger partial charge is 0.449 e. The number of nitrogens with zero attached hydrogens (tertiary/aromatic N) is 3. The van der Waals surface area contributed by atoms with Crippen LogP contribution in [0.2, 0.25) is 10.0 Å². The fourth-order valence-corrected chi connectivity index (χ4v) is 4.22. The third-order valence-corrected chi connectivity index (χ3v) is 5.93. The maximum absolute atomic E-state index is 14.4. The zero-order chi connectivity index (χ0) is 26.9. The van der Waals surface area contributed by atoms with E-state index in [0.29, 0.717) is 6.33 Å². The molecule has 1 aliphatic rings. The summed E-state index contributed by atoms with van der Waals surface area (Å²) in [6.45, 7) is -0.252. The van der Waals surface area contributed by atoms with E-state index in [1.807, 2.05) is 0 Å². The minimum Gasteiger partial charge on any atom is -0.449 e. The molecule has 0 spiro atoms. The number of carbonyl (C=O) groups is 1. The molecule has 1 amide bonds. The van der Waals surface area contributed by atoms with Gasteiger partial charge in [0, 0.05) is 28.2 Å². The number of ether oxygens (including phenoxy) is 1. The maximum atomic E-state index is 14.4. The Balaban J connectivity index is 1.66. The molecule has 4 rings (SSSR count). The van der Waals surface area contributed by atoms with Gasteiger partial charge in [0.05, 0.1) is 23.9 Å². The standard InChI is InChI=1S/C23H15Cl2F4N5O3/c24-12-1-2-18(26)16(6-12)17-7-14(32-33-21(17)35)9-34-10-31-20(23(27,28)29)19(22(34)36)37-15-4-11(8-30)3-13(25)5-15/h1-6,10,14,17,32H,7,9H2,(H,33,35). The molecule has 8 nitrogen and oxygen atoms in total. The van der Waals surface area contributed by atoms with E-state index in [0.717, 1.165) is 22.8 Å². The van der Waals surface area contributed by atoms with Crippen LogP contribution in [0.5, 0.6) is 11.5 Å². The Morgan fingerprint density at radius 2 is 1.92 bits per heavy atom. The monoisotopic (exact) mass is 555 g/mol. The Bertz CT molecular complexity index is 1470. The predicted molar refractivity (Wildman–Crippen MR) is 124 cm³/mol. The molecule has 2 N–H and O–H groups in total. The second-order valence-corrected chi connectivity index (χ2v) is 8.92. The lowest BCUT2D eigenvalue weighted by molar-refractivity contribution is -0.142. The Hall–Kier alpha value is -3.66. The lowest BCUT2D eigenvalue weighted by Crippen LogP contribution is -2.54. The van der Waals surface area contributed by atoms with Crippen molar-refractivity contribution in [2.45, 2.75) is 31.1 Å². The van der Waals surface area contributed by atoms with Gasteiger partial charge in [0.15, 0.2) is 5.69 Å². The Labute approximate surface area is 216 Å². The van der Waals surface area contributed by atoms with Gasteiger partial charge in [0.25, 0.3) is 5.56 Å². The van der Waals surface area contributed by atoms with Crippen LogP contribution in [0.15, 0.2) is 47.5 Å². The average molecular weight is 556 g/mol. The summed E-state index contributed by atoms with van der Waals surface area (Å²) in [5.74, 6) is -3.58.